The molecule has 6 nitrogen and oxygen atoms in total. The highest BCUT2D eigenvalue weighted by Gasteiger charge is 2.22. The second-order valence-corrected chi connectivity index (χ2v) is 8.56. The molecule has 152 valence electrons. The van der Waals surface area contributed by atoms with Gasteiger partial charge >= 0.3 is 0 Å². The topological polar surface area (TPSA) is 72.7 Å². The lowest BCUT2D eigenvalue weighted by molar-refractivity contribution is 0.102. The summed E-state index contributed by atoms with van der Waals surface area (Å²) in [5, 5.41) is 7.93. The summed E-state index contributed by atoms with van der Waals surface area (Å²) in [4.78, 5) is 22.8. The predicted octanol–water partition coefficient (Wildman–Crippen LogP) is 5.00. The predicted molar refractivity (Wildman–Crippen MR) is 120 cm³/mol. The van der Waals surface area contributed by atoms with Crippen LogP contribution in [-0.2, 0) is 6.42 Å². The van der Waals surface area contributed by atoms with Gasteiger partial charge in [-0.05, 0) is 30.5 Å². The smallest absolute Gasteiger partial charge is 0.260 e. The van der Waals surface area contributed by atoms with Crippen LogP contribution in [0.25, 0.3) is 5.82 Å². The number of carbonyl (C=O) groups is 1. The molecule has 0 radical (unpaired) electrons. The number of hydrogen-bond donors (Lipinski definition) is 1. The third-order valence-electron chi connectivity index (χ3n) is 4.74. The number of carbonyl (C=O) groups excluding carboxylic acids is 1. The highest BCUT2D eigenvalue weighted by Crippen LogP contribution is 2.25. The Hall–Kier alpha value is -3.32. The Bertz CT molecular complexity index is 1150. The Balaban J connectivity index is 1.52. The summed E-state index contributed by atoms with van der Waals surface area (Å²) in [5.41, 5.74) is 3.82. The van der Waals surface area contributed by atoms with Crippen LogP contribution in [0.5, 0.6) is 0 Å². The zero-order chi connectivity index (χ0) is 21.1. The number of nitrogens with zero attached hydrogens (tertiary/aromatic N) is 4. The summed E-state index contributed by atoms with van der Waals surface area (Å²) < 4.78 is 1.73. The monoisotopic (exact) mass is 417 g/mol. The van der Waals surface area contributed by atoms with Gasteiger partial charge in [0.1, 0.15) is 0 Å². The molecule has 0 saturated carbocycles. The van der Waals surface area contributed by atoms with Gasteiger partial charge in [-0.1, -0.05) is 49.7 Å². The van der Waals surface area contributed by atoms with Gasteiger partial charge in [-0.3, -0.25) is 10.1 Å². The number of nitrogens with one attached hydrogen (secondary N) is 1. The first kappa shape index (κ1) is 20.0. The summed E-state index contributed by atoms with van der Waals surface area (Å²) >= 11 is 1.49. The number of amides is 1. The van der Waals surface area contributed by atoms with Gasteiger partial charge in [0.15, 0.2) is 10.9 Å². The molecule has 30 heavy (non-hydrogen) atoms. The fourth-order valence-electron chi connectivity index (χ4n) is 3.27. The molecule has 1 N–H and O–H groups in total. The number of aryl methyl sites for hydroxylation is 1. The van der Waals surface area contributed by atoms with Crippen molar-refractivity contribution in [3.63, 3.8) is 0 Å². The average Bonchev–Trinajstić information content (AvgIpc) is 3.37. The van der Waals surface area contributed by atoms with Gasteiger partial charge in [-0.15, -0.1) is 11.3 Å². The van der Waals surface area contributed by atoms with Crippen molar-refractivity contribution in [3.8, 4) is 5.82 Å². The maximum absolute atomic E-state index is 13.0. The maximum Gasteiger partial charge on any atom is 0.260 e. The van der Waals surface area contributed by atoms with Crippen LogP contribution in [0.15, 0.2) is 61.1 Å². The highest BCUT2D eigenvalue weighted by molar-refractivity contribution is 7.15. The quantitative estimate of drug-likeness (QED) is 0.479. The summed E-state index contributed by atoms with van der Waals surface area (Å²) in [6.45, 7) is 6.15. The standard InChI is InChI=1S/C23H23N5OS/c1-15(2)21-19(14-26-28(21)20-6-4-5-11-24-20)22(29)27-23-25-13-18(30-23)12-17-9-7-16(3)8-10-17/h4-11,13-15H,12H2,1-3H3,(H,25,27,29). The van der Waals surface area contributed by atoms with Gasteiger partial charge in [-0.25, -0.2) is 14.6 Å². The largest absolute Gasteiger partial charge is 0.298 e. The molecule has 4 aromatic rings. The number of benzene rings is 1. The van der Waals surface area contributed by atoms with E-state index in [0.29, 0.717) is 16.5 Å². The molecule has 1 amide bonds. The summed E-state index contributed by atoms with van der Waals surface area (Å²) in [6.07, 6.45) is 5.93. The van der Waals surface area contributed by atoms with Crippen LogP contribution < -0.4 is 5.32 Å². The molecule has 4 rings (SSSR count). The minimum Gasteiger partial charge on any atom is -0.298 e. The van der Waals surface area contributed by atoms with Crippen molar-refractivity contribution in [2.24, 2.45) is 0 Å². The van der Waals surface area contributed by atoms with Crippen LogP contribution in [0.3, 0.4) is 0 Å². The van der Waals surface area contributed by atoms with E-state index in [1.54, 1.807) is 17.1 Å². The lowest BCUT2D eigenvalue weighted by Crippen LogP contribution is -2.15. The van der Waals surface area contributed by atoms with Crippen LogP contribution in [0.2, 0.25) is 0 Å². The van der Waals surface area contributed by atoms with Gasteiger partial charge in [0.2, 0.25) is 0 Å². The second-order valence-electron chi connectivity index (χ2n) is 7.45. The SMILES string of the molecule is Cc1ccc(Cc2cnc(NC(=O)c3cnn(-c4ccccn4)c3C(C)C)s2)cc1. The summed E-state index contributed by atoms with van der Waals surface area (Å²) in [5.74, 6) is 0.579. The van der Waals surface area contributed by atoms with Gasteiger partial charge in [0, 0.05) is 23.7 Å². The Labute approximate surface area is 179 Å². The Morgan fingerprint density at radius 2 is 1.90 bits per heavy atom. The molecular weight excluding hydrogens is 394 g/mol. The average molecular weight is 418 g/mol. The van der Waals surface area contributed by atoms with Crippen LogP contribution in [0.4, 0.5) is 5.13 Å². The molecule has 0 aliphatic carbocycles. The molecule has 3 aromatic heterocycles. The Morgan fingerprint density at radius 3 is 2.60 bits per heavy atom. The van der Waals surface area contributed by atoms with Crippen molar-refractivity contribution in [1.29, 1.82) is 0 Å². The van der Waals surface area contributed by atoms with Crippen molar-refractivity contribution >= 4 is 22.4 Å². The van der Waals surface area contributed by atoms with E-state index in [1.807, 2.05) is 38.2 Å². The van der Waals surface area contributed by atoms with E-state index < -0.39 is 0 Å². The fourth-order valence-corrected chi connectivity index (χ4v) is 4.11. The molecule has 0 bridgehead atoms. The molecule has 0 aliphatic rings. The Morgan fingerprint density at radius 1 is 1.10 bits per heavy atom. The zero-order valence-electron chi connectivity index (χ0n) is 17.2. The number of rotatable bonds is 6. The molecular formula is C23H23N5OS. The van der Waals surface area contributed by atoms with Crippen LogP contribution >= 0.6 is 11.3 Å². The van der Waals surface area contributed by atoms with Gasteiger partial charge in [-0.2, -0.15) is 5.10 Å². The second kappa shape index (κ2) is 8.59. The first-order valence-corrected chi connectivity index (χ1v) is 10.6. The molecule has 1 aromatic carbocycles. The fraction of sp³-hybridized carbons (Fsp3) is 0.217. The normalized spacial score (nSPS) is 11.1. The van der Waals surface area contributed by atoms with Crippen molar-refractivity contribution in [2.75, 3.05) is 5.32 Å². The van der Waals surface area contributed by atoms with E-state index >= 15 is 0 Å². The lowest BCUT2D eigenvalue weighted by Gasteiger charge is -2.11. The number of aromatic nitrogens is 4. The summed E-state index contributed by atoms with van der Waals surface area (Å²) in [6, 6.07) is 14.1. The minimum absolute atomic E-state index is 0.101. The van der Waals surface area contributed by atoms with E-state index in [1.165, 1.54) is 22.5 Å². The number of thiazole rings is 1. The third kappa shape index (κ3) is 4.31. The molecule has 0 aliphatic heterocycles. The first-order chi connectivity index (χ1) is 14.5. The van der Waals surface area contributed by atoms with E-state index in [2.05, 4.69) is 51.6 Å². The van der Waals surface area contributed by atoms with E-state index in [-0.39, 0.29) is 11.8 Å². The molecule has 3 heterocycles. The highest BCUT2D eigenvalue weighted by atomic mass is 32.1. The van der Waals surface area contributed by atoms with Gasteiger partial charge in [0.05, 0.1) is 17.5 Å². The van der Waals surface area contributed by atoms with Crippen LogP contribution in [0.1, 0.15) is 51.8 Å². The lowest BCUT2D eigenvalue weighted by atomic mass is 10.1. The molecule has 7 heteroatoms. The maximum atomic E-state index is 13.0. The Kier molecular flexibility index (Phi) is 5.72. The van der Waals surface area contributed by atoms with Crippen molar-refractivity contribution < 1.29 is 4.79 Å². The minimum atomic E-state index is -0.211. The van der Waals surface area contributed by atoms with E-state index in [0.717, 1.165) is 17.0 Å². The third-order valence-corrected chi connectivity index (χ3v) is 5.65. The van der Waals surface area contributed by atoms with Crippen molar-refractivity contribution in [1.82, 2.24) is 19.7 Å². The van der Waals surface area contributed by atoms with Gasteiger partial charge < -0.3 is 0 Å². The van der Waals surface area contributed by atoms with Crippen LogP contribution in [-0.4, -0.2) is 25.7 Å². The first-order valence-electron chi connectivity index (χ1n) is 9.82. The zero-order valence-corrected chi connectivity index (χ0v) is 18.0. The molecule has 0 spiro atoms. The van der Waals surface area contributed by atoms with Gasteiger partial charge in [0.25, 0.3) is 5.91 Å². The number of anilines is 1. The van der Waals surface area contributed by atoms with Crippen molar-refractivity contribution in [2.45, 2.75) is 33.1 Å². The van der Waals surface area contributed by atoms with Crippen molar-refractivity contribution in [3.05, 3.63) is 88.3 Å². The molecule has 0 saturated heterocycles. The number of pyridine rings is 1. The summed E-state index contributed by atoms with van der Waals surface area (Å²) in [7, 11) is 0. The molecule has 0 atom stereocenters. The molecule has 0 unspecified atom stereocenters. The van der Waals surface area contributed by atoms with E-state index in [4.69, 9.17) is 0 Å². The van der Waals surface area contributed by atoms with E-state index in [9.17, 15) is 4.79 Å². The number of hydrogen-bond acceptors (Lipinski definition) is 5. The van der Waals surface area contributed by atoms with Crippen LogP contribution in [0, 0.1) is 6.92 Å². The molecule has 0 fully saturated rings.